The van der Waals surface area contributed by atoms with Crippen molar-refractivity contribution in [2.24, 2.45) is 0 Å². The van der Waals surface area contributed by atoms with Gasteiger partial charge in [-0.3, -0.25) is 19.7 Å². The molecule has 3 amide bonds. The van der Waals surface area contributed by atoms with Gasteiger partial charge in [-0.05, 0) is 23.6 Å². The van der Waals surface area contributed by atoms with E-state index in [9.17, 15) is 14.4 Å². The predicted octanol–water partition coefficient (Wildman–Crippen LogP) is 0.487. The summed E-state index contributed by atoms with van der Waals surface area (Å²) in [5.74, 6) is -0.750. The molecule has 1 saturated heterocycles. The van der Waals surface area contributed by atoms with Crippen LogP contribution >= 0.6 is 0 Å². The molecule has 25 heavy (non-hydrogen) atoms. The minimum absolute atomic E-state index is 0.178. The first-order valence-electron chi connectivity index (χ1n) is 7.89. The first-order valence-corrected chi connectivity index (χ1v) is 7.89. The van der Waals surface area contributed by atoms with Gasteiger partial charge in [0.05, 0.1) is 0 Å². The second kappa shape index (κ2) is 5.66. The summed E-state index contributed by atoms with van der Waals surface area (Å²) >= 11 is 0. The second-order valence-electron chi connectivity index (χ2n) is 6.06. The maximum Gasteiger partial charge on any atom is 0.255 e. The van der Waals surface area contributed by atoms with Crippen LogP contribution in [0.4, 0.5) is 5.95 Å². The molecule has 0 aliphatic carbocycles. The van der Waals surface area contributed by atoms with E-state index in [0.29, 0.717) is 18.5 Å². The third kappa shape index (κ3) is 2.51. The Morgan fingerprint density at radius 1 is 1.12 bits per heavy atom. The lowest BCUT2D eigenvalue weighted by Gasteiger charge is -2.29. The van der Waals surface area contributed by atoms with Crippen molar-refractivity contribution in [2.75, 3.05) is 5.73 Å². The van der Waals surface area contributed by atoms with Gasteiger partial charge in [0.15, 0.2) is 0 Å². The zero-order valence-corrected chi connectivity index (χ0v) is 13.2. The van der Waals surface area contributed by atoms with Crippen molar-refractivity contribution < 1.29 is 14.4 Å². The number of amides is 3. The first-order chi connectivity index (χ1) is 12.0. The Morgan fingerprint density at radius 3 is 2.56 bits per heavy atom. The highest BCUT2D eigenvalue weighted by atomic mass is 16.2. The average molecular weight is 337 g/mol. The molecule has 2 aliphatic rings. The molecule has 3 N–H and O–H groups in total. The molecule has 2 aromatic rings. The lowest BCUT2D eigenvalue weighted by atomic mass is 9.99. The number of hydrogen-bond acceptors (Lipinski definition) is 6. The van der Waals surface area contributed by atoms with Crippen LogP contribution in [-0.2, 0) is 16.1 Å². The molecule has 1 aromatic heterocycles. The summed E-state index contributed by atoms with van der Waals surface area (Å²) in [5, 5.41) is 2.30. The molecule has 0 radical (unpaired) electrons. The molecular weight excluding hydrogens is 322 g/mol. The van der Waals surface area contributed by atoms with Crippen molar-refractivity contribution in [1.29, 1.82) is 0 Å². The second-order valence-corrected chi connectivity index (χ2v) is 6.06. The number of nitrogen functional groups attached to an aromatic ring is 1. The number of nitrogens with zero attached hydrogens (tertiary/aromatic N) is 3. The van der Waals surface area contributed by atoms with E-state index in [1.165, 1.54) is 4.90 Å². The number of carbonyl (C=O) groups is 3. The van der Waals surface area contributed by atoms with Crippen LogP contribution in [0, 0.1) is 0 Å². The Morgan fingerprint density at radius 2 is 1.84 bits per heavy atom. The fourth-order valence-corrected chi connectivity index (χ4v) is 3.33. The van der Waals surface area contributed by atoms with Crippen LogP contribution in [0.1, 0.15) is 28.8 Å². The van der Waals surface area contributed by atoms with Crippen molar-refractivity contribution in [3.8, 4) is 11.1 Å². The highest BCUT2D eigenvalue weighted by molar-refractivity contribution is 6.06. The maximum atomic E-state index is 12.8. The Labute approximate surface area is 143 Å². The fraction of sp³-hybridized carbons (Fsp3) is 0.235. The van der Waals surface area contributed by atoms with Crippen molar-refractivity contribution in [3.05, 3.63) is 41.7 Å². The number of hydrogen-bond donors (Lipinski definition) is 2. The minimum Gasteiger partial charge on any atom is -0.368 e. The molecule has 4 rings (SSSR count). The van der Waals surface area contributed by atoms with Gasteiger partial charge in [-0.25, -0.2) is 9.97 Å². The van der Waals surface area contributed by atoms with Gasteiger partial charge < -0.3 is 10.6 Å². The van der Waals surface area contributed by atoms with Gasteiger partial charge in [-0.15, -0.1) is 0 Å². The summed E-state index contributed by atoms with van der Waals surface area (Å²) in [5.41, 5.74) is 8.50. The molecule has 0 saturated carbocycles. The number of imide groups is 1. The molecule has 8 nitrogen and oxygen atoms in total. The quantitative estimate of drug-likeness (QED) is 0.770. The standard InChI is InChI=1S/C17H15N5O3/c18-17-19-6-9(7-20-17)10-2-1-3-11-12(10)8-22(16(11)25)13-4-5-14(23)21-15(13)24/h1-3,6-7,13H,4-5,8H2,(H2,18,19,20)(H,21,23,24). The Bertz CT molecular complexity index is 894. The minimum atomic E-state index is -0.631. The average Bonchev–Trinajstić information content (AvgIpc) is 2.93. The molecule has 3 heterocycles. The number of nitrogens with two attached hydrogens (primary N) is 1. The summed E-state index contributed by atoms with van der Waals surface area (Å²) in [4.78, 5) is 45.7. The van der Waals surface area contributed by atoms with Crippen LogP contribution in [0.3, 0.4) is 0 Å². The van der Waals surface area contributed by atoms with Crippen LogP contribution in [0.25, 0.3) is 11.1 Å². The Balaban J connectivity index is 1.70. The Hall–Kier alpha value is -3.29. The van der Waals surface area contributed by atoms with E-state index in [2.05, 4.69) is 15.3 Å². The summed E-state index contributed by atoms with van der Waals surface area (Å²) in [7, 11) is 0. The summed E-state index contributed by atoms with van der Waals surface area (Å²) in [6.45, 7) is 0.307. The number of fused-ring (bicyclic) bond motifs is 1. The van der Waals surface area contributed by atoms with Gasteiger partial charge in [0.1, 0.15) is 6.04 Å². The van der Waals surface area contributed by atoms with Gasteiger partial charge in [-0.2, -0.15) is 0 Å². The molecule has 1 unspecified atom stereocenters. The highest BCUT2D eigenvalue weighted by Crippen LogP contribution is 2.34. The van der Waals surface area contributed by atoms with Gasteiger partial charge >= 0.3 is 0 Å². The molecule has 8 heteroatoms. The number of piperidine rings is 1. The highest BCUT2D eigenvalue weighted by Gasteiger charge is 2.39. The molecule has 0 bridgehead atoms. The van der Waals surface area contributed by atoms with Crippen LogP contribution in [0.2, 0.25) is 0 Å². The van der Waals surface area contributed by atoms with E-state index in [-0.39, 0.29) is 24.2 Å². The van der Waals surface area contributed by atoms with E-state index in [4.69, 9.17) is 5.73 Å². The monoisotopic (exact) mass is 337 g/mol. The van der Waals surface area contributed by atoms with Crippen molar-refractivity contribution in [3.63, 3.8) is 0 Å². The lowest BCUT2D eigenvalue weighted by molar-refractivity contribution is -0.136. The smallest absolute Gasteiger partial charge is 0.255 e. The number of nitrogens with one attached hydrogen (secondary N) is 1. The normalized spacial score (nSPS) is 19.8. The van der Waals surface area contributed by atoms with Gasteiger partial charge in [-0.1, -0.05) is 12.1 Å². The molecule has 1 aromatic carbocycles. The van der Waals surface area contributed by atoms with Crippen LogP contribution in [-0.4, -0.2) is 38.6 Å². The molecule has 0 spiro atoms. The first kappa shape index (κ1) is 15.3. The molecular formula is C17H15N5O3. The van der Waals surface area contributed by atoms with Gasteiger partial charge in [0, 0.05) is 36.5 Å². The molecule has 126 valence electrons. The van der Waals surface area contributed by atoms with Crippen molar-refractivity contribution in [1.82, 2.24) is 20.2 Å². The van der Waals surface area contributed by atoms with Gasteiger partial charge in [0.2, 0.25) is 17.8 Å². The van der Waals surface area contributed by atoms with Crippen molar-refractivity contribution in [2.45, 2.75) is 25.4 Å². The molecule has 1 atom stereocenters. The maximum absolute atomic E-state index is 12.8. The molecule has 2 aliphatic heterocycles. The van der Waals surface area contributed by atoms with E-state index in [1.54, 1.807) is 24.5 Å². The number of aromatic nitrogens is 2. The van der Waals surface area contributed by atoms with Gasteiger partial charge in [0.25, 0.3) is 5.91 Å². The predicted molar refractivity (Wildman–Crippen MR) is 87.9 cm³/mol. The lowest BCUT2D eigenvalue weighted by Crippen LogP contribution is -2.52. The zero-order valence-electron chi connectivity index (χ0n) is 13.2. The van der Waals surface area contributed by atoms with E-state index < -0.39 is 11.9 Å². The van der Waals surface area contributed by atoms with Crippen LogP contribution in [0.15, 0.2) is 30.6 Å². The SMILES string of the molecule is Nc1ncc(-c2cccc3c2CN(C2CCC(=O)NC2=O)C3=O)cn1. The number of carbonyl (C=O) groups excluding carboxylic acids is 3. The number of anilines is 1. The van der Waals surface area contributed by atoms with Crippen LogP contribution < -0.4 is 11.1 Å². The Kier molecular flexibility index (Phi) is 3.45. The third-order valence-electron chi connectivity index (χ3n) is 4.56. The van der Waals surface area contributed by atoms with E-state index >= 15 is 0 Å². The van der Waals surface area contributed by atoms with E-state index in [0.717, 1.165) is 16.7 Å². The third-order valence-corrected chi connectivity index (χ3v) is 4.56. The number of benzene rings is 1. The van der Waals surface area contributed by atoms with Crippen LogP contribution in [0.5, 0.6) is 0 Å². The summed E-state index contributed by atoms with van der Waals surface area (Å²) in [6, 6.07) is 4.78. The number of rotatable bonds is 2. The van der Waals surface area contributed by atoms with Crippen molar-refractivity contribution >= 4 is 23.7 Å². The topological polar surface area (TPSA) is 118 Å². The molecule has 1 fully saturated rings. The summed E-state index contributed by atoms with van der Waals surface area (Å²) in [6.07, 6.45) is 3.79. The van der Waals surface area contributed by atoms with E-state index in [1.807, 2.05) is 6.07 Å². The summed E-state index contributed by atoms with van der Waals surface area (Å²) < 4.78 is 0. The largest absolute Gasteiger partial charge is 0.368 e. The zero-order chi connectivity index (χ0) is 17.6. The fourth-order valence-electron chi connectivity index (χ4n) is 3.33.